The summed E-state index contributed by atoms with van der Waals surface area (Å²) in [6, 6.07) is 1.22. The molecule has 1 heterocycles. The third-order valence-corrected chi connectivity index (χ3v) is 2.19. The first-order valence-electron chi connectivity index (χ1n) is 4.97. The lowest BCUT2D eigenvalue weighted by atomic mass is 10.2. The largest absolute Gasteiger partial charge is 0.480 e. The number of pyridine rings is 1. The standard InChI is InChI=1S/C11H11N3O4/c1-3-4-13(7-11(15)16)10-5-9(14(17)18)8(2)6-12-10/h1,5-6H,4,7H2,2H3,(H,15,16). The predicted molar refractivity (Wildman–Crippen MR) is 64.3 cm³/mol. The van der Waals surface area contributed by atoms with E-state index in [2.05, 4.69) is 10.9 Å². The highest BCUT2D eigenvalue weighted by Crippen LogP contribution is 2.22. The van der Waals surface area contributed by atoms with E-state index in [4.69, 9.17) is 11.5 Å². The maximum Gasteiger partial charge on any atom is 0.323 e. The summed E-state index contributed by atoms with van der Waals surface area (Å²) in [4.78, 5) is 26.1. The molecule has 18 heavy (non-hydrogen) atoms. The summed E-state index contributed by atoms with van der Waals surface area (Å²) < 4.78 is 0. The van der Waals surface area contributed by atoms with Crippen LogP contribution >= 0.6 is 0 Å². The second kappa shape index (κ2) is 5.63. The van der Waals surface area contributed by atoms with Crippen LogP contribution in [-0.2, 0) is 4.79 Å². The number of carboxylic acids is 1. The van der Waals surface area contributed by atoms with Crippen LogP contribution in [-0.4, -0.2) is 34.1 Å². The van der Waals surface area contributed by atoms with Crippen LogP contribution in [0.15, 0.2) is 12.3 Å². The van der Waals surface area contributed by atoms with Crippen molar-refractivity contribution in [3.8, 4) is 12.3 Å². The molecule has 0 aromatic carbocycles. The lowest BCUT2D eigenvalue weighted by Gasteiger charge is -2.18. The van der Waals surface area contributed by atoms with Gasteiger partial charge >= 0.3 is 5.97 Å². The van der Waals surface area contributed by atoms with Crippen LogP contribution in [0.1, 0.15) is 5.56 Å². The quantitative estimate of drug-likeness (QED) is 0.471. The molecule has 0 aliphatic rings. The van der Waals surface area contributed by atoms with Crippen molar-refractivity contribution in [2.24, 2.45) is 0 Å². The molecule has 0 saturated carbocycles. The monoisotopic (exact) mass is 249 g/mol. The van der Waals surface area contributed by atoms with Gasteiger partial charge in [-0.1, -0.05) is 5.92 Å². The summed E-state index contributed by atoms with van der Waals surface area (Å²) in [6.45, 7) is 1.20. The Hall–Kier alpha value is -2.62. The minimum Gasteiger partial charge on any atom is -0.480 e. The number of carbonyl (C=O) groups is 1. The summed E-state index contributed by atoms with van der Waals surface area (Å²) in [7, 11) is 0. The van der Waals surface area contributed by atoms with Gasteiger partial charge in [0.05, 0.1) is 17.5 Å². The molecule has 0 aliphatic carbocycles. The van der Waals surface area contributed by atoms with Gasteiger partial charge in [0.1, 0.15) is 12.4 Å². The summed E-state index contributed by atoms with van der Waals surface area (Å²) in [5, 5.41) is 19.5. The van der Waals surface area contributed by atoms with Gasteiger partial charge in [0.2, 0.25) is 0 Å². The molecule has 1 rings (SSSR count). The van der Waals surface area contributed by atoms with Gasteiger partial charge in [-0.2, -0.15) is 0 Å². The Bertz CT molecular complexity index is 522. The highest BCUT2D eigenvalue weighted by molar-refractivity contribution is 5.73. The highest BCUT2D eigenvalue weighted by Gasteiger charge is 2.17. The minimum atomic E-state index is -1.09. The van der Waals surface area contributed by atoms with E-state index in [1.54, 1.807) is 6.92 Å². The van der Waals surface area contributed by atoms with Crippen molar-refractivity contribution in [3.63, 3.8) is 0 Å². The van der Waals surface area contributed by atoms with Crippen molar-refractivity contribution in [2.45, 2.75) is 6.92 Å². The number of terminal acetylenes is 1. The van der Waals surface area contributed by atoms with Gasteiger partial charge in [0.15, 0.2) is 0 Å². The molecule has 0 radical (unpaired) electrons. The Kier molecular flexibility index (Phi) is 4.21. The van der Waals surface area contributed by atoms with Crippen molar-refractivity contribution >= 4 is 17.5 Å². The first-order valence-corrected chi connectivity index (χ1v) is 4.97. The second-order valence-electron chi connectivity index (χ2n) is 3.54. The van der Waals surface area contributed by atoms with Crippen LogP contribution in [0.2, 0.25) is 0 Å². The van der Waals surface area contributed by atoms with Crippen LogP contribution in [0.25, 0.3) is 0 Å². The normalized spacial score (nSPS) is 9.56. The Morgan fingerprint density at radius 3 is 2.89 bits per heavy atom. The molecule has 7 heteroatoms. The van der Waals surface area contributed by atoms with Gasteiger partial charge < -0.3 is 10.0 Å². The van der Waals surface area contributed by atoms with E-state index < -0.39 is 10.9 Å². The van der Waals surface area contributed by atoms with Crippen LogP contribution in [0.5, 0.6) is 0 Å². The van der Waals surface area contributed by atoms with Crippen LogP contribution < -0.4 is 4.90 Å². The zero-order valence-electron chi connectivity index (χ0n) is 9.66. The zero-order chi connectivity index (χ0) is 13.7. The van der Waals surface area contributed by atoms with Gasteiger partial charge in [-0.15, -0.1) is 6.42 Å². The number of anilines is 1. The Morgan fingerprint density at radius 2 is 2.39 bits per heavy atom. The molecule has 0 fully saturated rings. The number of nitro groups is 1. The summed E-state index contributed by atoms with van der Waals surface area (Å²) >= 11 is 0. The van der Waals surface area contributed by atoms with E-state index in [0.717, 1.165) is 0 Å². The Labute approximate surface area is 103 Å². The van der Waals surface area contributed by atoms with Crippen molar-refractivity contribution in [1.82, 2.24) is 4.98 Å². The molecule has 7 nitrogen and oxygen atoms in total. The molecule has 0 atom stereocenters. The molecule has 0 bridgehead atoms. The molecule has 1 N–H and O–H groups in total. The van der Waals surface area contributed by atoms with E-state index in [-0.39, 0.29) is 24.6 Å². The van der Waals surface area contributed by atoms with Crippen LogP contribution in [0.3, 0.4) is 0 Å². The maximum atomic E-state index is 10.8. The fourth-order valence-corrected chi connectivity index (χ4v) is 1.36. The van der Waals surface area contributed by atoms with Gasteiger partial charge in [-0.25, -0.2) is 4.98 Å². The van der Waals surface area contributed by atoms with Gasteiger partial charge in [0, 0.05) is 11.8 Å². The lowest BCUT2D eigenvalue weighted by molar-refractivity contribution is -0.385. The maximum absolute atomic E-state index is 10.8. The van der Waals surface area contributed by atoms with Crippen molar-refractivity contribution in [2.75, 3.05) is 18.0 Å². The van der Waals surface area contributed by atoms with Gasteiger partial charge in [-0.3, -0.25) is 14.9 Å². The SMILES string of the molecule is C#CCN(CC(=O)O)c1cc([N+](=O)[O-])c(C)cn1. The minimum absolute atomic E-state index is 0.0134. The summed E-state index contributed by atoms with van der Waals surface area (Å²) in [5.74, 6) is 1.37. The fourth-order valence-electron chi connectivity index (χ4n) is 1.36. The highest BCUT2D eigenvalue weighted by atomic mass is 16.6. The average Bonchev–Trinajstić information content (AvgIpc) is 2.28. The van der Waals surface area contributed by atoms with E-state index >= 15 is 0 Å². The number of hydrogen-bond donors (Lipinski definition) is 1. The Balaban J connectivity index is 3.13. The van der Waals surface area contributed by atoms with Crippen LogP contribution in [0.4, 0.5) is 11.5 Å². The van der Waals surface area contributed by atoms with E-state index in [0.29, 0.717) is 5.56 Å². The van der Waals surface area contributed by atoms with Crippen LogP contribution in [0, 0.1) is 29.4 Å². The van der Waals surface area contributed by atoms with Crippen molar-refractivity contribution < 1.29 is 14.8 Å². The number of aromatic nitrogens is 1. The van der Waals surface area contributed by atoms with Gasteiger partial charge in [-0.05, 0) is 6.92 Å². The molecule has 1 aromatic rings. The summed E-state index contributed by atoms with van der Waals surface area (Å²) in [6.07, 6.45) is 6.44. The molecule has 1 aromatic heterocycles. The lowest BCUT2D eigenvalue weighted by Crippen LogP contribution is -2.30. The molecule has 0 amide bonds. The van der Waals surface area contributed by atoms with E-state index in [1.165, 1.54) is 17.2 Å². The first-order chi connectivity index (χ1) is 8.45. The summed E-state index contributed by atoms with van der Waals surface area (Å²) in [5.41, 5.74) is 0.284. The smallest absolute Gasteiger partial charge is 0.323 e. The number of nitrogens with zero attached hydrogens (tertiary/aromatic N) is 3. The van der Waals surface area contributed by atoms with E-state index in [1.807, 2.05) is 0 Å². The number of rotatable bonds is 5. The topological polar surface area (TPSA) is 96.6 Å². The molecule has 0 spiro atoms. The fraction of sp³-hybridized carbons (Fsp3) is 0.273. The van der Waals surface area contributed by atoms with Gasteiger partial charge in [0.25, 0.3) is 5.69 Å². The molecule has 0 unspecified atom stereocenters. The number of hydrogen-bond acceptors (Lipinski definition) is 5. The predicted octanol–water partition coefficient (Wildman–Crippen LogP) is 0.822. The number of aliphatic carboxylic acids is 1. The zero-order valence-corrected chi connectivity index (χ0v) is 9.66. The average molecular weight is 249 g/mol. The molecule has 94 valence electrons. The van der Waals surface area contributed by atoms with Crippen molar-refractivity contribution in [1.29, 1.82) is 0 Å². The molecular formula is C11H11N3O4. The molecule has 0 saturated heterocycles. The third-order valence-electron chi connectivity index (χ3n) is 2.19. The molecule has 0 aliphatic heterocycles. The van der Waals surface area contributed by atoms with Crippen molar-refractivity contribution in [3.05, 3.63) is 27.9 Å². The second-order valence-corrected chi connectivity index (χ2v) is 3.54. The molecular weight excluding hydrogens is 238 g/mol. The van der Waals surface area contributed by atoms with E-state index in [9.17, 15) is 14.9 Å². The third kappa shape index (κ3) is 3.18. The number of carboxylic acid groups (broad SMARTS) is 1. The Morgan fingerprint density at radius 1 is 1.72 bits per heavy atom. The number of aryl methyl sites for hydroxylation is 1. The first kappa shape index (κ1) is 13.4.